The molecule has 0 saturated carbocycles. The monoisotopic (exact) mass is 550 g/mol. The van der Waals surface area contributed by atoms with Gasteiger partial charge in [0.25, 0.3) is 0 Å². The number of carbonyl (C=O) groups is 1. The van der Waals surface area contributed by atoms with Gasteiger partial charge in [0, 0.05) is 12.8 Å². The van der Waals surface area contributed by atoms with Crippen LogP contribution in [-0.4, -0.2) is 23.6 Å². The van der Waals surface area contributed by atoms with E-state index in [-0.39, 0.29) is 12.1 Å². The van der Waals surface area contributed by atoms with E-state index in [0.29, 0.717) is 12.1 Å². The Balaban J connectivity index is 2.48. The Bertz CT molecular complexity index is 232. The molecule has 1 fully saturated rings. The van der Waals surface area contributed by atoms with E-state index >= 15 is 0 Å². The molecule has 3 nitrogen and oxygen atoms in total. The molecule has 1 saturated heterocycles. The SMILES string of the molecule is CC1CC(OC(=O)C(I)(I)I)CC(C)[NH2+]1. The van der Waals surface area contributed by atoms with E-state index in [4.69, 9.17) is 4.74 Å². The standard InChI is InChI=1S/C9H14I3NO2/c1-5-3-7(4-6(2)13-5)15-8(14)9(10,11)12/h5-7,13H,3-4H2,1-2H3/p+1. The molecule has 2 N–H and O–H groups in total. The predicted molar refractivity (Wildman–Crippen MR) is 84.8 cm³/mol. The predicted octanol–water partition coefficient (Wildman–Crippen LogP) is 1.99. The van der Waals surface area contributed by atoms with Crippen molar-refractivity contribution in [2.24, 2.45) is 0 Å². The Kier molecular flexibility index (Phi) is 5.86. The Morgan fingerprint density at radius 1 is 1.27 bits per heavy atom. The lowest BCUT2D eigenvalue weighted by Crippen LogP contribution is -2.96. The van der Waals surface area contributed by atoms with Gasteiger partial charge >= 0.3 is 5.97 Å². The normalized spacial score (nSPS) is 32.5. The van der Waals surface area contributed by atoms with Crippen LogP contribution in [0.1, 0.15) is 26.7 Å². The first-order chi connectivity index (χ1) is 6.79. The van der Waals surface area contributed by atoms with E-state index in [1.165, 1.54) is 0 Å². The minimum Gasteiger partial charge on any atom is -0.460 e. The Morgan fingerprint density at radius 3 is 2.13 bits per heavy atom. The first-order valence-electron chi connectivity index (χ1n) is 4.92. The number of alkyl halides is 3. The second-order valence-corrected chi connectivity index (χ2v) is 15.2. The molecular weight excluding hydrogens is 535 g/mol. The summed E-state index contributed by atoms with van der Waals surface area (Å²) in [5.41, 5.74) is 0. The summed E-state index contributed by atoms with van der Waals surface area (Å²) in [5, 5.41) is 2.34. The maximum atomic E-state index is 11.7. The van der Waals surface area contributed by atoms with Gasteiger partial charge in [0.2, 0.25) is -0.565 Å². The van der Waals surface area contributed by atoms with Gasteiger partial charge in [-0.15, -0.1) is 0 Å². The number of hydrogen-bond donors (Lipinski definition) is 1. The van der Waals surface area contributed by atoms with E-state index in [9.17, 15) is 4.79 Å². The highest BCUT2D eigenvalue weighted by Crippen LogP contribution is 2.37. The van der Waals surface area contributed by atoms with Gasteiger partial charge in [-0.25, -0.2) is 4.79 Å². The van der Waals surface area contributed by atoms with Crippen LogP contribution in [0.4, 0.5) is 0 Å². The lowest BCUT2D eigenvalue weighted by atomic mass is 9.98. The average molecular weight is 550 g/mol. The van der Waals surface area contributed by atoms with Crippen molar-refractivity contribution in [3.8, 4) is 0 Å². The number of carbonyl (C=O) groups excluding carboxylic acids is 1. The molecule has 0 aliphatic carbocycles. The summed E-state index contributed by atoms with van der Waals surface area (Å²) in [7, 11) is 0. The smallest absolute Gasteiger partial charge is 0.342 e. The zero-order valence-electron chi connectivity index (χ0n) is 8.67. The van der Waals surface area contributed by atoms with Crippen molar-refractivity contribution >= 4 is 73.7 Å². The van der Waals surface area contributed by atoms with Crippen LogP contribution in [0.3, 0.4) is 0 Å². The fourth-order valence-corrected chi connectivity index (χ4v) is 2.34. The third-order valence-corrected chi connectivity index (χ3v) is 3.75. The maximum absolute atomic E-state index is 11.7. The number of rotatable bonds is 2. The number of halogens is 3. The third-order valence-electron chi connectivity index (χ3n) is 2.43. The fraction of sp³-hybridized carbons (Fsp3) is 0.889. The van der Waals surface area contributed by atoms with Gasteiger partial charge in [-0.1, -0.05) is 0 Å². The van der Waals surface area contributed by atoms with Gasteiger partial charge in [0.1, 0.15) is 6.10 Å². The number of esters is 1. The summed E-state index contributed by atoms with van der Waals surface area (Å²) < 4.78 is 5.04. The molecular formula is C9H15I3NO2+. The maximum Gasteiger partial charge on any atom is 0.342 e. The van der Waals surface area contributed by atoms with Crippen LogP contribution in [0.5, 0.6) is 0 Å². The fourth-order valence-electron chi connectivity index (χ4n) is 1.96. The van der Waals surface area contributed by atoms with Crippen molar-refractivity contribution in [2.45, 2.75) is 44.3 Å². The molecule has 88 valence electrons. The average Bonchev–Trinajstić information content (AvgIpc) is 1.99. The van der Waals surface area contributed by atoms with E-state index < -0.39 is -0.565 Å². The number of hydrogen-bond acceptors (Lipinski definition) is 2. The van der Waals surface area contributed by atoms with Crippen LogP contribution in [0, 0.1) is 0 Å². The van der Waals surface area contributed by atoms with Gasteiger partial charge in [0.15, 0.2) is 0 Å². The van der Waals surface area contributed by atoms with Crippen molar-refractivity contribution in [3.05, 3.63) is 0 Å². The lowest BCUT2D eigenvalue weighted by Gasteiger charge is -2.30. The second kappa shape index (κ2) is 5.98. The zero-order valence-corrected chi connectivity index (χ0v) is 15.1. The molecule has 0 spiro atoms. The number of nitrogens with two attached hydrogens (primary N) is 1. The Labute approximate surface area is 131 Å². The number of piperidine rings is 1. The molecule has 2 atom stereocenters. The largest absolute Gasteiger partial charge is 0.460 e. The first-order valence-corrected chi connectivity index (χ1v) is 8.15. The summed E-state index contributed by atoms with van der Waals surface area (Å²) >= 11 is 6.30. The topological polar surface area (TPSA) is 42.9 Å². The quantitative estimate of drug-likeness (QED) is 0.325. The zero-order chi connectivity index (χ0) is 11.6. The molecule has 0 amide bonds. The van der Waals surface area contributed by atoms with E-state index in [2.05, 4.69) is 86.9 Å². The van der Waals surface area contributed by atoms with Crippen LogP contribution in [-0.2, 0) is 9.53 Å². The second-order valence-electron chi connectivity index (χ2n) is 4.14. The minimum atomic E-state index is -0.471. The van der Waals surface area contributed by atoms with Crippen molar-refractivity contribution in [1.29, 1.82) is 0 Å². The summed E-state index contributed by atoms with van der Waals surface area (Å²) in [5.74, 6) is -0.115. The van der Waals surface area contributed by atoms with Crippen LogP contribution >= 0.6 is 67.8 Å². The molecule has 1 aliphatic rings. The highest BCUT2D eigenvalue weighted by Gasteiger charge is 2.35. The van der Waals surface area contributed by atoms with Crippen molar-refractivity contribution < 1.29 is 14.8 Å². The van der Waals surface area contributed by atoms with Gasteiger partial charge in [-0.3, -0.25) is 0 Å². The van der Waals surface area contributed by atoms with Gasteiger partial charge < -0.3 is 10.1 Å². The van der Waals surface area contributed by atoms with Crippen molar-refractivity contribution in [2.75, 3.05) is 0 Å². The molecule has 0 aromatic rings. The molecule has 1 heterocycles. The van der Waals surface area contributed by atoms with Gasteiger partial charge in [0.05, 0.1) is 12.1 Å². The van der Waals surface area contributed by atoms with Crippen LogP contribution in [0.25, 0.3) is 0 Å². The summed E-state index contributed by atoms with van der Waals surface area (Å²) in [4.78, 5) is 11.7. The Morgan fingerprint density at radius 2 is 1.73 bits per heavy atom. The summed E-state index contributed by atoms with van der Waals surface area (Å²) in [6.45, 7) is 4.36. The number of ether oxygens (including phenoxy) is 1. The van der Waals surface area contributed by atoms with Crippen LogP contribution < -0.4 is 5.32 Å². The molecule has 0 aromatic carbocycles. The van der Waals surface area contributed by atoms with Crippen LogP contribution in [0.15, 0.2) is 0 Å². The first kappa shape index (κ1) is 14.7. The molecule has 1 aliphatic heterocycles. The van der Waals surface area contributed by atoms with Crippen molar-refractivity contribution in [3.63, 3.8) is 0 Å². The molecule has 2 unspecified atom stereocenters. The number of quaternary nitrogens is 1. The molecule has 6 heteroatoms. The molecule has 0 bridgehead atoms. The molecule has 1 rings (SSSR count). The molecule has 15 heavy (non-hydrogen) atoms. The van der Waals surface area contributed by atoms with E-state index in [1.807, 2.05) is 0 Å². The summed E-state index contributed by atoms with van der Waals surface area (Å²) in [6, 6.07) is 1.11. The molecule has 0 aromatic heterocycles. The van der Waals surface area contributed by atoms with Gasteiger partial charge in [-0.05, 0) is 81.6 Å². The van der Waals surface area contributed by atoms with E-state index in [0.717, 1.165) is 12.8 Å². The summed E-state index contributed by atoms with van der Waals surface area (Å²) in [6.07, 6.45) is 2.04. The van der Waals surface area contributed by atoms with Gasteiger partial charge in [-0.2, -0.15) is 0 Å². The van der Waals surface area contributed by atoms with Crippen LogP contribution in [0.2, 0.25) is 0 Å². The minimum absolute atomic E-state index is 0.103. The highest BCUT2D eigenvalue weighted by atomic mass is 127. The Hall–Kier alpha value is 1.62. The third kappa shape index (κ3) is 5.19. The highest BCUT2D eigenvalue weighted by molar-refractivity contribution is 14.3. The van der Waals surface area contributed by atoms with Crippen molar-refractivity contribution in [1.82, 2.24) is 0 Å². The van der Waals surface area contributed by atoms with E-state index in [1.54, 1.807) is 0 Å². The molecule has 0 radical (unpaired) electrons. The lowest BCUT2D eigenvalue weighted by molar-refractivity contribution is -0.726.